The van der Waals surface area contributed by atoms with Crippen LogP contribution in [-0.4, -0.2) is 28.7 Å². The van der Waals surface area contributed by atoms with E-state index in [0.29, 0.717) is 10.2 Å². The van der Waals surface area contributed by atoms with Crippen LogP contribution < -0.4 is 10.3 Å². The molecular formula is C20H20N2O4S. The molecule has 140 valence electrons. The van der Waals surface area contributed by atoms with Crippen molar-refractivity contribution in [1.29, 1.82) is 0 Å². The summed E-state index contributed by atoms with van der Waals surface area (Å²) in [6.45, 7) is -0.115. The Kier molecular flexibility index (Phi) is 4.94. The van der Waals surface area contributed by atoms with Gasteiger partial charge in [0.1, 0.15) is 23.2 Å². The minimum atomic E-state index is -0.383. The third-order valence-corrected chi connectivity index (χ3v) is 5.75. The number of aromatic nitrogens is 2. The smallest absolute Gasteiger partial charge is 0.326 e. The van der Waals surface area contributed by atoms with E-state index in [0.717, 1.165) is 42.6 Å². The molecular weight excluding hydrogens is 364 g/mol. The van der Waals surface area contributed by atoms with E-state index in [1.807, 2.05) is 29.6 Å². The molecule has 1 saturated carbocycles. The predicted octanol–water partition coefficient (Wildman–Crippen LogP) is 3.62. The number of nitrogens with zero attached hydrogens (tertiary/aromatic N) is 2. The van der Waals surface area contributed by atoms with Gasteiger partial charge in [0, 0.05) is 10.9 Å². The first-order valence-corrected chi connectivity index (χ1v) is 9.84. The SMILES string of the molecule is COc1ccc(-c2csc3ncn(CC(=O)OC4CCCC4)c(=O)c23)cc1. The molecule has 0 atom stereocenters. The van der Waals surface area contributed by atoms with Gasteiger partial charge in [0.2, 0.25) is 0 Å². The number of hydrogen-bond donors (Lipinski definition) is 0. The minimum Gasteiger partial charge on any atom is -0.497 e. The standard InChI is InChI=1S/C20H20N2O4S/c1-25-14-8-6-13(7-9-14)16-11-27-19-18(16)20(24)22(12-21-19)10-17(23)26-15-4-2-3-5-15/h6-9,11-12,15H,2-5,10H2,1H3. The summed E-state index contributed by atoms with van der Waals surface area (Å²) in [5.41, 5.74) is 1.50. The Hall–Kier alpha value is -2.67. The van der Waals surface area contributed by atoms with Crippen LogP contribution >= 0.6 is 11.3 Å². The molecule has 3 aromatic rings. The highest BCUT2D eigenvalue weighted by Gasteiger charge is 2.20. The lowest BCUT2D eigenvalue weighted by Crippen LogP contribution is -2.27. The number of esters is 1. The molecule has 1 aliphatic rings. The van der Waals surface area contributed by atoms with Crippen LogP contribution in [0, 0.1) is 0 Å². The first-order valence-electron chi connectivity index (χ1n) is 8.96. The lowest BCUT2D eigenvalue weighted by molar-refractivity contribution is -0.149. The van der Waals surface area contributed by atoms with Crippen LogP contribution in [0.25, 0.3) is 21.3 Å². The van der Waals surface area contributed by atoms with Crippen molar-refractivity contribution in [3.63, 3.8) is 0 Å². The molecule has 27 heavy (non-hydrogen) atoms. The van der Waals surface area contributed by atoms with Crippen LogP contribution in [-0.2, 0) is 16.1 Å². The fourth-order valence-electron chi connectivity index (χ4n) is 3.43. The quantitative estimate of drug-likeness (QED) is 0.629. The van der Waals surface area contributed by atoms with Gasteiger partial charge in [-0.1, -0.05) is 12.1 Å². The summed E-state index contributed by atoms with van der Waals surface area (Å²) in [5, 5.41) is 2.45. The number of fused-ring (bicyclic) bond motifs is 1. The van der Waals surface area contributed by atoms with E-state index in [-0.39, 0.29) is 24.2 Å². The number of carbonyl (C=O) groups is 1. The molecule has 0 spiro atoms. The summed E-state index contributed by atoms with van der Waals surface area (Å²) in [6.07, 6.45) is 5.40. The normalized spacial score (nSPS) is 14.6. The van der Waals surface area contributed by atoms with Crippen molar-refractivity contribution in [3.05, 3.63) is 46.3 Å². The van der Waals surface area contributed by atoms with Crippen LogP contribution in [0.1, 0.15) is 25.7 Å². The molecule has 4 rings (SSSR count). The monoisotopic (exact) mass is 384 g/mol. The van der Waals surface area contributed by atoms with Gasteiger partial charge in [-0.05, 0) is 43.4 Å². The predicted molar refractivity (Wildman–Crippen MR) is 104 cm³/mol. The molecule has 0 saturated heterocycles. The fraction of sp³-hybridized carbons (Fsp3) is 0.350. The topological polar surface area (TPSA) is 70.4 Å². The molecule has 0 unspecified atom stereocenters. The molecule has 0 N–H and O–H groups in total. The van der Waals surface area contributed by atoms with Crippen LogP contribution in [0.15, 0.2) is 40.8 Å². The third kappa shape index (κ3) is 3.60. The lowest BCUT2D eigenvalue weighted by Gasteiger charge is -2.12. The number of thiophene rings is 1. The van der Waals surface area contributed by atoms with E-state index in [9.17, 15) is 9.59 Å². The van der Waals surface area contributed by atoms with E-state index < -0.39 is 0 Å². The van der Waals surface area contributed by atoms with Crippen molar-refractivity contribution in [2.45, 2.75) is 38.3 Å². The number of ether oxygens (including phenoxy) is 2. The molecule has 0 radical (unpaired) electrons. The van der Waals surface area contributed by atoms with Crippen LogP contribution in [0.5, 0.6) is 5.75 Å². The van der Waals surface area contributed by atoms with Gasteiger partial charge in [0.15, 0.2) is 0 Å². The first kappa shape index (κ1) is 17.7. The Labute approximate surface area is 160 Å². The summed E-state index contributed by atoms with van der Waals surface area (Å²) in [5.74, 6) is 0.370. The highest BCUT2D eigenvalue weighted by molar-refractivity contribution is 7.17. The number of rotatable bonds is 5. The highest BCUT2D eigenvalue weighted by Crippen LogP contribution is 2.31. The van der Waals surface area contributed by atoms with E-state index in [4.69, 9.17) is 9.47 Å². The van der Waals surface area contributed by atoms with E-state index >= 15 is 0 Å². The maximum Gasteiger partial charge on any atom is 0.326 e. The Morgan fingerprint density at radius 3 is 2.70 bits per heavy atom. The number of benzene rings is 1. The maximum absolute atomic E-state index is 13.0. The van der Waals surface area contributed by atoms with E-state index in [2.05, 4.69) is 4.98 Å². The van der Waals surface area contributed by atoms with Gasteiger partial charge in [-0.25, -0.2) is 4.98 Å². The zero-order valence-electron chi connectivity index (χ0n) is 15.0. The second-order valence-electron chi connectivity index (χ2n) is 6.63. The summed E-state index contributed by atoms with van der Waals surface area (Å²) in [4.78, 5) is 30.2. The van der Waals surface area contributed by atoms with Gasteiger partial charge in [-0.3, -0.25) is 14.2 Å². The average Bonchev–Trinajstić information content (AvgIpc) is 3.34. The number of methoxy groups -OCH3 is 1. The number of carbonyl (C=O) groups excluding carboxylic acids is 1. The van der Waals surface area contributed by atoms with Gasteiger partial charge in [0.25, 0.3) is 5.56 Å². The molecule has 1 aliphatic carbocycles. The summed E-state index contributed by atoms with van der Waals surface area (Å²) in [7, 11) is 1.61. The van der Waals surface area contributed by atoms with Gasteiger partial charge < -0.3 is 9.47 Å². The molecule has 1 fully saturated rings. The number of hydrogen-bond acceptors (Lipinski definition) is 6. The first-order chi connectivity index (χ1) is 13.2. The van der Waals surface area contributed by atoms with Gasteiger partial charge in [-0.15, -0.1) is 11.3 Å². The van der Waals surface area contributed by atoms with E-state index in [1.165, 1.54) is 22.2 Å². The molecule has 0 amide bonds. The van der Waals surface area contributed by atoms with Crippen LogP contribution in [0.4, 0.5) is 0 Å². The molecule has 1 aromatic carbocycles. The third-order valence-electron chi connectivity index (χ3n) is 4.86. The summed E-state index contributed by atoms with van der Waals surface area (Å²) < 4.78 is 12.0. The Balaban J connectivity index is 1.64. The largest absolute Gasteiger partial charge is 0.497 e. The van der Waals surface area contributed by atoms with Crippen molar-refractivity contribution in [2.75, 3.05) is 7.11 Å². The molecule has 2 heterocycles. The second-order valence-corrected chi connectivity index (χ2v) is 7.49. The zero-order chi connectivity index (χ0) is 18.8. The van der Waals surface area contributed by atoms with Crippen molar-refractivity contribution in [2.24, 2.45) is 0 Å². The van der Waals surface area contributed by atoms with Gasteiger partial charge >= 0.3 is 5.97 Å². The van der Waals surface area contributed by atoms with Gasteiger partial charge in [0.05, 0.1) is 18.8 Å². The second kappa shape index (κ2) is 7.52. The van der Waals surface area contributed by atoms with Crippen LogP contribution in [0.3, 0.4) is 0 Å². The van der Waals surface area contributed by atoms with Crippen molar-refractivity contribution in [1.82, 2.24) is 9.55 Å². The minimum absolute atomic E-state index is 0.0131. The Morgan fingerprint density at radius 2 is 2.00 bits per heavy atom. The average molecular weight is 384 g/mol. The molecule has 0 aliphatic heterocycles. The zero-order valence-corrected chi connectivity index (χ0v) is 15.8. The molecule has 0 bridgehead atoms. The lowest BCUT2D eigenvalue weighted by atomic mass is 10.1. The Bertz CT molecular complexity index is 1020. The molecule has 2 aromatic heterocycles. The van der Waals surface area contributed by atoms with Crippen molar-refractivity contribution < 1.29 is 14.3 Å². The van der Waals surface area contributed by atoms with Gasteiger partial charge in [-0.2, -0.15) is 0 Å². The summed E-state index contributed by atoms with van der Waals surface area (Å²) >= 11 is 1.41. The maximum atomic E-state index is 13.0. The van der Waals surface area contributed by atoms with Crippen LogP contribution in [0.2, 0.25) is 0 Å². The van der Waals surface area contributed by atoms with E-state index in [1.54, 1.807) is 7.11 Å². The highest BCUT2D eigenvalue weighted by atomic mass is 32.1. The summed E-state index contributed by atoms with van der Waals surface area (Å²) in [6, 6.07) is 7.52. The molecule has 7 heteroatoms. The van der Waals surface area contributed by atoms with Crippen molar-refractivity contribution in [3.8, 4) is 16.9 Å². The fourth-order valence-corrected chi connectivity index (χ4v) is 4.34. The molecule has 6 nitrogen and oxygen atoms in total. The Morgan fingerprint density at radius 1 is 1.26 bits per heavy atom. The van der Waals surface area contributed by atoms with Crippen molar-refractivity contribution >= 4 is 27.5 Å².